The van der Waals surface area contributed by atoms with E-state index in [1.54, 1.807) is 6.08 Å². The molecule has 1 N–H and O–H groups in total. The Kier molecular flexibility index (Phi) is 7.19. The summed E-state index contributed by atoms with van der Waals surface area (Å²) in [6, 6.07) is 20.7. The maximum atomic E-state index is 12.4. The number of nitrogens with one attached hydrogen (secondary N) is 1. The fourth-order valence-electron chi connectivity index (χ4n) is 3.41. The van der Waals surface area contributed by atoms with Crippen LogP contribution >= 0.6 is 0 Å². The summed E-state index contributed by atoms with van der Waals surface area (Å²) in [4.78, 5) is 14.9. The van der Waals surface area contributed by atoms with Crippen molar-refractivity contribution in [2.75, 3.05) is 32.8 Å². The predicted molar refractivity (Wildman–Crippen MR) is 109 cm³/mol. The summed E-state index contributed by atoms with van der Waals surface area (Å²) in [5, 5.41) is 3.10. The topological polar surface area (TPSA) is 41.6 Å². The first-order chi connectivity index (χ1) is 13.2. The van der Waals surface area contributed by atoms with E-state index >= 15 is 0 Å². The molecule has 2 aromatic rings. The van der Waals surface area contributed by atoms with Gasteiger partial charge in [-0.3, -0.25) is 9.69 Å². The van der Waals surface area contributed by atoms with Crippen molar-refractivity contribution in [2.45, 2.75) is 19.4 Å². The minimum absolute atomic E-state index is 0.0392. The number of carbonyl (C=O) groups is 1. The summed E-state index contributed by atoms with van der Waals surface area (Å²) in [5.74, 6) is -0.0392. The highest BCUT2D eigenvalue weighted by Gasteiger charge is 2.21. The molecule has 0 saturated carbocycles. The maximum Gasteiger partial charge on any atom is 0.244 e. The van der Waals surface area contributed by atoms with E-state index < -0.39 is 0 Å². The third kappa shape index (κ3) is 6.05. The van der Waals surface area contributed by atoms with Crippen LogP contribution in [0.4, 0.5) is 0 Å². The number of hydrogen-bond acceptors (Lipinski definition) is 3. The zero-order valence-electron chi connectivity index (χ0n) is 15.9. The Morgan fingerprint density at radius 1 is 1.07 bits per heavy atom. The van der Waals surface area contributed by atoms with Crippen molar-refractivity contribution in [1.82, 2.24) is 10.2 Å². The van der Waals surface area contributed by atoms with Crippen LogP contribution in [0.5, 0.6) is 0 Å². The first-order valence-corrected chi connectivity index (χ1v) is 9.59. The molecule has 27 heavy (non-hydrogen) atoms. The van der Waals surface area contributed by atoms with Crippen molar-refractivity contribution in [1.29, 1.82) is 0 Å². The smallest absolute Gasteiger partial charge is 0.244 e. The van der Waals surface area contributed by atoms with E-state index in [9.17, 15) is 4.79 Å². The third-order valence-corrected chi connectivity index (χ3v) is 4.96. The van der Waals surface area contributed by atoms with Crippen LogP contribution in [-0.4, -0.2) is 49.7 Å². The summed E-state index contributed by atoms with van der Waals surface area (Å²) in [6.07, 6.45) is 2.61. The number of carbonyl (C=O) groups excluding carboxylic acids is 1. The van der Waals surface area contributed by atoms with E-state index in [4.69, 9.17) is 4.74 Å². The lowest BCUT2D eigenvalue weighted by Crippen LogP contribution is -2.49. The summed E-state index contributed by atoms with van der Waals surface area (Å²) in [7, 11) is 0. The highest BCUT2D eigenvalue weighted by molar-refractivity contribution is 5.94. The van der Waals surface area contributed by atoms with Gasteiger partial charge in [-0.25, -0.2) is 0 Å². The van der Waals surface area contributed by atoms with Crippen LogP contribution in [0.25, 0.3) is 5.57 Å². The molecule has 1 aliphatic rings. The summed E-state index contributed by atoms with van der Waals surface area (Å²) in [5.41, 5.74) is 3.33. The Morgan fingerprint density at radius 3 is 2.37 bits per heavy atom. The normalized spacial score (nSPS) is 16.7. The number of ether oxygens (including phenoxy) is 1. The van der Waals surface area contributed by atoms with Crippen LogP contribution in [0.1, 0.15) is 18.1 Å². The van der Waals surface area contributed by atoms with Crippen molar-refractivity contribution < 1.29 is 9.53 Å². The van der Waals surface area contributed by atoms with Crippen LogP contribution in [0.15, 0.2) is 66.7 Å². The standard InChI is InChI=1S/C23H28N2O2/c1-19(21-10-6-3-7-11-21)16-23(26)24-18-22(25-12-14-27-15-13-25)17-20-8-4-2-5-9-20/h2-11,16,22H,12-15,17-18H2,1H3,(H,24,26)/b19-16+. The minimum Gasteiger partial charge on any atom is -0.379 e. The first kappa shape index (κ1) is 19.3. The lowest BCUT2D eigenvalue weighted by Gasteiger charge is -2.34. The quantitative estimate of drug-likeness (QED) is 0.768. The number of amides is 1. The number of allylic oxidation sites excluding steroid dienone is 1. The molecule has 1 atom stereocenters. The molecular weight excluding hydrogens is 336 g/mol. The van der Waals surface area contributed by atoms with Gasteiger partial charge in [-0.1, -0.05) is 60.7 Å². The predicted octanol–water partition coefficient (Wildman–Crippen LogP) is 3.15. The van der Waals surface area contributed by atoms with Gasteiger partial charge in [0.25, 0.3) is 0 Å². The minimum atomic E-state index is -0.0392. The Balaban J connectivity index is 1.62. The van der Waals surface area contributed by atoms with E-state index in [1.807, 2.05) is 43.3 Å². The first-order valence-electron chi connectivity index (χ1n) is 9.59. The highest BCUT2D eigenvalue weighted by atomic mass is 16.5. The molecular formula is C23H28N2O2. The zero-order chi connectivity index (χ0) is 18.9. The molecule has 0 aromatic heterocycles. The Labute approximate surface area is 161 Å². The molecule has 4 nitrogen and oxygen atoms in total. The van der Waals surface area contributed by atoms with Gasteiger partial charge in [-0.15, -0.1) is 0 Å². The van der Waals surface area contributed by atoms with Gasteiger partial charge < -0.3 is 10.1 Å². The number of hydrogen-bond donors (Lipinski definition) is 1. The van der Waals surface area contributed by atoms with Crippen LogP contribution in [0, 0.1) is 0 Å². The number of benzene rings is 2. The maximum absolute atomic E-state index is 12.4. The van der Waals surface area contributed by atoms with E-state index in [0.29, 0.717) is 6.54 Å². The molecule has 0 radical (unpaired) electrons. The molecule has 1 heterocycles. The van der Waals surface area contributed by atoms with E-state index in [1.165, 1.54) is 5.56 Å². The fraction of sp³-hybridized carbons (Fsp3) is 0.348. The molecule has 1 unspecified atom stereocenters. The Hall–Kier alpha value is -2.43. The van der Waals surface area contributed by atoms with Gasteiger partial charge in [0.1, 0.15) is 0 Å². The van der Waals surface area contributed by atoms with Gasteiger partial charge in [-0.2, -0.15) is 0 Å². The molecule has 0 spiro atoms. The van der Waals surface area contributed by atoms with Crippen molar-refractivity contribution in [3.63, 3.8) is 0 Å². The van der Waals surface area contributed by atoms with Gasteiger partial charge in [0.15, 0.2) is 0 Å². The molecule has 1 amide bonds. The second-order valence-corrected chi connectivity index (χ2v) is 6.93. The van der Waals surface area contributed by atoms with Crippen molar-refractivity contribution in [3.8, 4) is 0 Å². The zero-order valence-corrected chi connectivity index (χ0v) is 15.9. The van der Waals surface area contributed by atoms with Crippen molar-refractivity contribution in [2.24, 2.45) is 0 Å². The lowest BCUT2D eigenvalue weighted by molar-refractivity contribution is -0.116. The summed E-state index contributed by atoms with van der Waals surface area (Å²) in [6.45, 7) is 5.93. The van der Waals surface area contributed by atoms with Gasteiger partial charge in [0, 0.05) is 31.8 Å². The SMILES string of the molecule is C/C(=C\C(=O)NCC(Cc1ccccc1)N1CCOCC1)c1ccccc1. The Bertz CT molecular complexity index is 737. The van der Waals surface area contributed by atoms with Crippen LogP contribution in [0.3, 0.4) is 0 Å². The van der Waals surface area contributed by atoms with Crippen LogP contribution in [-0.2, 0) is 16.0 Å². The van der Waals surface area contributed by atoms with Gasteiger partial charge >= 0.3 is 0 Å². The largest absolute Gasteiger partial charge is 0.379 e. The summed E-state index contributed by atoms with van der Waals surface area (Å²) >= 11 is 0. The van der Waals surface area contributed by atoms with Crippen molar-refractivity contribution >= 4 is 11.5 Å². The van der Waals surface area contributed by atoms with E-state index in [2.05, 4.69) is 34.5 Å². The number of rotatable bonds is 7. The van der Waals surface area contributed by atoms with E-state index in [0.717, 1.165) is 43.9 Å². The fourth-order valence-corrected chi connectivity index (χ4v) is 3.41. The van der Waals surface area contributed by atoms with Gasteiger partial charge in [0.05, 0.1) is 13.2 Å². The molecule has 4 heteroatoms. The lowest BCUT2D eigenvalue weighted by atomic mass is 10.0. The second-order valence-electron chi connectivity index (χ2n) is 6.93. The van der Waals surface area contributed by atoms with Crippen LogP contribution < -0.4 is 5.32 Å². The van der Waals surface area contributed by atoms with Crippen molar-refractivity contribution in [3.05, 3.63) is 77.9 Å². The second kappa shape index (κ2) is 10.0. The van der Waals surface area contributed by atoms with Gasteiger partial charge in [-0.05, 0) is 30.0 Å². The molecule has 142 valence electrons. The molecule has 1 fully saturated rings. The molecule has 2 aromatic carbocycles. The number of morpholine rings is 1. The van der Waals surface area contributed by atoms with E-state index in [-0.39, 0.29) is 11.9 Å². The average Bonchev–Trinajstić information content (AvgIpc) is 2.73. The van der Waals surface area contributed by atoms with Crippen LogP contribution in [0.2, 0.25) is 0 Å². The average molecular weight is 364 g/mol. The highest BCUT2D eigenvalue weighted by Crippen LogP contribution is 2.13. The molecule has 3 rings (SSSR count). The number of nitrogens with zero attached hydrogens (tertiary/aromatic N) is 1. The molecule has 1 saturated heterocycles. The Morgan fingerprint density at radius 2 is 1.70 bits per heavy atom. The molecule has 0 bridgehead atoms. The van der Waals surface area contributed by atoms with Gasteiger partial charge in [0.2, 0.25) is 5.91 Å². The summed E-state index contributed by atoms with van der Waals surface area (Å²) < 4.78 is 5.49. The monoisotopic (exact) mass is 364 g/mol. The third-order valence-electron chi connectivity index (χ3n) is 4.96. The molecule has 0 aliphatic carbocycles. The molecule has 1 aliphatic heterocycles.